The summed E-state index contributed by atoms with van der Waals surface area (Å²) in [5.41, 5.74) is 1.10. The van der Waals surface area contributed by atoms with Crippen LogP contribution in [0.3, 0.4) is 0 Å². The molecule has 5 nitrogen and oxygen atoms in total. The van der Waals surface area contributed by atoms with Crippen LogP contribution in [0.2, 0.25) is 0 Å². The summed E-state index contributed by atoms with van der Waals surface area (Å²) < 4.78 is 2.26. The molecule has 19 heavy (non-hydrogen) atoms. The Balaban J connectivity index is 1.93. The molecule has 0 bridgehead atoms. The van der Waals surface area contributed by atoms with Gasteiger partial charge in [0.15, 0.2) is 0 Å². The zero-order chi connectivity index (χ0) is 13.8. The number of nitrogens with zero attached hydrogens (tertiary/aromatic N) is 4. The summed E-state index contributed by atoms with van der Waals surface area (Å²) >= 11 is 0. The average molecular weight is 265 g/mol. The van der Waals surface area contributed by atoms with Gasteiger partial charge in [-0.05, 0) is 20.8 Å². The van der Waals surface area contributed by atoms with E-state index >= 15 is 0 Å². The molecule has 1 aromatic rings. The molecule has 0 aromatic carbocycles. The van der Waals surface area contributed by atoms with Gasteiger partial charge in [0.25, 0.3) is 0 Å². The van der Waals surface area contributed by atoms with E-state index < -0.39 is 0 Å². The molecule has 0 unspecified atom stereocenters. The van der Waals surface area contributed by atoms with Crippen LogP contribution in [0.4, 0.5) is 5.95 Å². The third kappa shape index (κ3) is 3.70. The van der Waals surface area contributed by atoms with Crippen molar-refractivity contribution in [2.75, 3.05) is 51.2 Å². The molecule has 0 spiro atoms. The molecule has 1 aliphatic heterocycles. The molecule has 1 aromatic heterocycles. The van der Waals surface area contributed by atoms with E-state index in [2.05, 4.69) is 58.7 Å². The Hall–Kier alpha value is -1.07. The van der Waals surface area contributed by atoms with Crippen molar-refractivity contribution in [1.29, 1.82) is 0 Å². The highest BCUT2D eigenvalue weighted by Crippen LogP contribution is 2.18. The van der Waals surface area contributed by atoms with Gasteiger partial charge >= 0.3 is 0 Å². The maximum atomic E-state index is 4.65. The second kappa shape index (κ2) is 6.39. The summed E-state index contributed by atoms with van der Waals surface area (Å²) in [6, 6.07) is 0.456. The molecule has 0 radical (unpaired) electrons. The van der Waals surface area contributed by atoms with Gasteiger partial charge in [0.2, 0.25) is 5.95 Å². The number of aromatic nitrogens is 2. The minimum Gasteiger partial charge on any atom is -0.344 e. The monoisotopic (exact) mass is 265 g/mol. The summed E-state index contributed by atoms with van der Waals surface area (Å²) in [5.74, 6) is 1.09. The van der Waals surface area contributed by atoms with E-state index in [1.807, 2.05) is 0 Å². The number of anilines is 1. The van der Waals surface area contributed by atoms with Crippen molar-refractivity contribution in [3.63, 3.8) is 0 Å². The first kappa shape index (κ1) is 14.3. The molecule has 2 rings (SSSR count). The highest BCUT2D eigenvalue weighted by Gasteiger charge is 2.15. The van der Waals surface area contributed by atoms with Crippen LogP contribution >= 0.6 is 0 Å². The summed E-state index contributed by atoms with van der Waals surface area (Å²) in [6.45, 7) is 13.2. The van der Waals surface area contributed by atoms with Gasteiger partial charge < -0.3 is 14.8 Å². The van der Waals surface area contributed by atoms with Crippen LogP contribution in [-0.4, -0.2) is 60.8 Å². The molecule has 1 N–H and O–H groups in total. The van der Waals surface area contributed by atoms with Crippen molar-refractivity contribution in [3.05, 3.63) is 11.9 Å². The second-order valence-corrected chi connectivity index (χ2v) is 5.70. The summed E-state index contributed by atoms with van der Waals surface area (Å²) in [5, 5.41) is 3.39. The SMILES string of the molecule is Cc1cn(C(C)C)c(N(C)CCN2CCNCC2)n1. The minimum absolute atomic E-state index is 0.456. The zero-order valence-electron chi connectivity index (χ0n) is 12.7. The Kier molecular flexibility index (Phi) is 4.82. The second-order valence-electron chi connectivity index (χ2n) is 5.70. The number of hydrogen-bond donors (Lipinski definition) is 1. The van der Waals surface area contributed by atoms with E-state index in [1.165, 1.54) is 0 Å². The van der Waals surface area contributed by atoms with Crippen molar-refractivity contribution in [2.24, 2.45) is 0 Å². The predicted molar refractivity (Wildman–Crippen MR) is 79.9 cm³/mol. The van der Waals surface area contributed by atoms with E-state index in [1.54, 1.807) is 0 Å². The standard InChI is InChI=1S/C14H27N5/c1-12(2)19-11-13(3)16-14(19)17(4)9-10-18-7-5-15-6-8-18/h11-12,15H,5-10H2,1-4H3. The highest BCUT2D eigenvalue weighted by atomic mass is 15.3. The molecular weight excluding hydrogens is 238 g/mol. The fourth-order valence-corrected chi connectivity index (χ4v) is 2.49. The van der Waals surface area contributed by atoms with Gasteiger partial charge in [0.1, 0.15) is 0 Å². The van der Waals surface area contributed by atoms with Gasteiger partial charge in [-0.1, -0.05) is 0 Å². The summed E-state index contributed by atoms with van der Waals surface area (Å²) in [6.07, 6.45) is 2.14. The van der Waals surface area contributed by atoms with Gasteiger partial charge in [-0.3, -0.25) is 4.90 Å². The Morgan fingerprint density at radius 2 is 2.05 bits per heavy atom. The molecule has 1 fully saturated rings. The lowest BCUT2D eigenvalue weighted by atomic mass is 10.3. The van der Waals surface area contributed by atoms with Crippen molar-refractivity contribution < 1.29 is 0 Å². The quantitative estimate of drug-likeness (QED) is 0.865. The summed E-state index contributed by atoms with van der Waals surface area (Å²) in [4.78, 5) is 9.44. The largest absolute Gasteiger partial charge is 0.344 e. The first-order chi connectivity index (χ1) is 9.08. The van der Waals surface area contributed by atoms with Gasteiger partial charge in [0, 0.05) is 58.6 Å². The molecule has 0 atom stereocenters. The molecule has 1 saturated heterocycles. The molecule has 0 amide bonds. The van der Waals surface area contributed by atoms with E-state index in [0.29, 0.717) is 6.04 Å². The molecule has 1 aliphatic rings. The number of nitrogens with one attached hydrogen (secondary N) is 1. The number of rotatable bonds is 5. The predicted octanol–water partition coefficient (Wildman–Crippen LogP) is 1.11. The number of likely N-dealkylation sites (N-methyl/N-ethyl adjacent to an activating group) is 1. The van der Waals surface area contributed by atoms with Crippen molar-refractivity contribution in [3.8, 4) is 0 Å². The first-order valence-corrected chi connectivity index (χ1v) is 7.27. The Morgan fingerprint density at radius 3 is 2.68 bits per heavy atom. The fraction of sp³-hybridized carbons (Fsp3) is 0.786. The lowest BCUT2D eigenvalue weighted by Gasteiger charge is -2.29. The van der Waals surface area contributed by atoms with Crippen LogP contribution < -0.4 is 10.2 Å². The maximum absolute atomic E-state index is 4.65. The Labute approximate surface area is 116 Å². The number of imidazole rings is 1. The van der Waals surface area contributed by atoms with E-state index in [4.69, 9.17) is 0 Å². The van der Waals surface area contributed by atoms with Crippen LogP contribution in [-0.2, 0) is 0 Å². The third-order valence-corrected chi connectivity index (χ3v) is 3.69. The lowest BCUT2D eigenvalue weighted by molar-refractivity contribution is 0.246. The number of hydrogen-bond acceptors (Lipinski definition) is 4. The highest BCUT2D eigenvalue weighted by molar-refractivity contribution is 5.32. The molecule has 0 aliphatic carbocycles. The van der Waals surface area contributed by atoms with E-state index in [9.17, 15) is 0 Å². The van der Waals surface area contributed by atoms with Crippen molar-refractivity contribution in [2.45, 2.75) is 26.8 Å². The van der Waals surface area contributed by atoms with Crippen molar-refractivity contribution in [1.82, 2.24) is 19.8 Å². The van der Waals surface area contributed by atoms with Gasteiger partial charge in [-0.15, -0.1) is 0 Å². The number of aryl methyl sites for hydroxylation is 1. The van der Waals surface area contributed by atoms with Crippen LogP contribution in [0.1, 0.15) is 25.6 Å². The van der Waals surface area contributed by atoms with E-state index in [0.717, 1.165) is 50.9 Å². The topological polar surface area (TPSA) is 36.3 Å². The molecular formula is C14H27N5. The number of piperazine rings is 1. The molecule has 5 heteroatoms. The van der Waals surface area contributed by atoms with Crippen molar-refractivity contribution >= 4 is 5.95 Å². The molecule has 2 heterocycles. The molecule has 0 saturated carbocycles. The van der Waals surface area contributed by atoms with Gasteiger partial charge in [-0.25, -0.2) is 4.98 Å². The average Bonchev–Trinajstić information content (AvgIpc) is 2.79. The van der Waals surface area contributed by atoms with Gasteiger partial charge in [-0.2, -0.15) is 0 Å². The lowest BCUT2D eigenvalue weighted by Crippen LogP contribution is -2.46. The zero-order valence-corrected chi connectivity index (χ0v) is 12.7. The Bertz CT molecular complexity index is 393. The maximum Gasteiger partial charge on any atom is 0.205 e. The normalized spacial score (nSPS) is 17.1. The smallest absolute Gasteiger partial charge is 0.205 e. The Morgan fingerprint density at radius 1 is 1.37 bits per heavy atom. The van der Waals surface area contributed by atoms with E-state index in [-0.39, 0.29) is 0 Å². The minimum atomic E-state index is 0.456. The molecule has 108 valence electrons. The van der Waals surface area contributed by atoms with Crippen LogP contribution in [0.25, 0.3) is 0 Å². The van der Waals surface area contributed by atoms with Crippen LogP contribution in [0, 0.1) is 6.92 Å². The first-order valence-electron chi connectivity index (χ1n) is 7.27. The van der Waals surface area contributed by atoms with Gasteiger partial charge in [0.05, 0.1) is 5.69 Å². The van der Waals surface area contributed by atoms with Crippen LogP contribution in [0.15, 0.2) is 6.20 Å². The van der Waals surface area contributed by atoms with Crippen LogP contribution in [0.5, 0.6) is 0 Å². The third-order valence-electron chi connectivity index (χ3n) is 3.69. The fourth-order valence-electron chi connectivity index (χ4n) is 2.49. The summed E-state index contributed by atoms with van der Waals surface area (Å²) in [7, 11) is 2.14.